The molecule has 0 radical (unpaired) electrons. The van der Waals surface area contributed by atoms with Gasteiger partial charge in [0.2, 0.25) is 11.7 Å². The molecule has 0 aromatic carbocycles. The monoisotopic (exact) mass is 361 g/mol. The summed E-state index contributed by atoms with van der Waals surface area (Å²) < 4.78 is 54.6. The maximum atomic E-state index is 14.2. The van der Waals surface area contributed by atoms with E-state index >= 15 is 0 Å². The van der Waals surface area contributed by atoms with Gasteiger partial charge >= 0.3 is 6.18 Å². The molecule has 0 aliphatic carbocycles. The Hall–Kier alpha value is -2.13. The second kappa shape index (κ2) is 6.64. The van der Waals surface area contributed by atoms with Gasteiger partial charge < -0.3 is 15.5 Å². The molecule has 0 spiro atoms. The first-order valence-electron chi connectivity index (χ1n) is 8.16. The van der Waals surface area contributed by atoms with E-state index in [0.717, 1.165) is 6.33 Å². The molecule has 1 aromatic heterocycles. The quantitative estimate of drug-likeness (QED) is 0.815. The highest BCUT2D eigenvalue weighted by atomic mass is 19.4. The van der Waals surface area contributed by atoms with Gasteiger partial charge in [0.1, 0.15) is 6.33 Å². The van der Waals surface area contributed by atoms with Gasteiger partial charge in [0.05, 0.1) is 12.0 Å². The largest absolute Gasteiger partial charge is 0.393 e. The standard InChI is InChI=1S/C15H19F4N5O/c16-12-13(20)21-8-22-14(12)23-6-4-9(15(17,18)19)10(7-23)24-5-2-1-3-11(24)25/h8-10H,1-7H2,(H2,20,21,22)/t9-,10-/m1/s1. The number of anilines is 2. The molecule has 1 amide bonds. The van der Waals surface area contributed by atoms with Crippen molar-refractivity contribution in [2.75, 3.05) is 30.3 Å². The van der Waals surface area contributed by atoms with Crippen molar-refractivity contribution in [2.24, 2.45) is 5.92 Å². The molecule has 2 saturated heterocycles. The lowest BCUT2D eigenvalue weighted by atomic mass is 9.88. The number of hydrogen-bond acceptors (Lipinski definition) is 5. The summed E-state index contributed by atoms with van der Waals surface area (Å²) in [6.45, 7) is 0.137. The first-order valence-corrected chi connectivity index (χ1v) is 8.16. The van der Waals surface area contributed by atoms with E-state index in [1.807, 2.05) is 0 Å². The molecule has 138 valence electrons. The molecule has 2 aliphatic heterocycles. The fourth-order valence-electron chi connectivity index (χ4n) is 3.59. The highest BCUT2D eigenvalue weighted by Gasteiger charge is 2.50. The van der Waals surface area contributed by atoms with E-state index in [0.29, 0.717) is 12.8 Å². The molecule has 3 rings (SSSR count). The third-order valence-corrected chi connectivity index (χ3v) is 4.86. The van der Waals surface area contributed by atoms with Gasteiger partial charge in [0, 0.05) is 26.1 Å². The summed E-state index contributed by atoms with van der Waals surface area (Å²) in [5.41, 5.74) is 5.43. The lowest BCUT2D eigenvalue weighted by Gasteiger charge is -2.46. The van der Waals surface area contributed by atoms with Crippen molar-refractivity contribution < 1.29 is 22.4 Å². The Labute approximate surface area is 142 Å². The molecule has 0 bridgehead atoms. The van der Waals surface area contributed by atoms with Gasteiger partial charge in [-0.05, 0) is 19.3 Å². The number of rotatable bonds is 2. The number of nitrogens with zero attached hydrogens (tertiary/aromatic N) is 4. The molecule has 2 atom stereocenters. The van der Waals surface area contributed by atoms with Crippen LogP contribution < -0.4 is 10.6 Å². The average molecular weight is 361 g/mol. The summed E-state index contributed by atoms with van der Waals surface area (Å²) in [5, 5.41) is 0. The van der Waals surface area contributed by atoms with Crippen molar-refractivity contribution in [3.05, 3.63) is 12.1 Å². The van der Waals surface area contributed by atoms with Crippen molar-refractivity contribution in [1.29, 1.82) is 0 Å². The number of amides is 1. The summed E-state index contributed by atoms with van der Waals surface area (Å²) in [4.78, 5) is 22.2. The normalized spacial score (nSPS) is 25.4. The van der Waals surface area contributed by atoms with E-state index in [2.05, 4.69) is 9.97 Å². The van der Waals surface area contributed by atoms with Crippen LogP contribution >= 0.6 is 0 Å². The van der Waals surface area contributed by atoms with Crippen LogP contribution in [0, 0.1) is 11.7 Å². The smallest absolute Gasteiger partial charge is 0.381 e. The van der Waals surface area contributed by atoms with Crippen LogP contribution in [0.4, 0.5) is 29.2 Å². The van der Waals surface area contributed by atoms with E-state index in [4.69, 9.17) is 5.73 Å². The number of alkyl halides is 3. The van der Waals surface area contributed by atoms with Crippen molar-refractivity contribution in [3.8, 4) is 0 Å². The number of aromatic nitrogens is 2. The minimum absolute atomic E-state index is 0.0178. The van der Waals surface area contributed by atoms with Crippen molar-refractivity contribution in [3.63, 3.8) is 0 Å². The summed E-state index contributed by atoms with van der Waals surface area (Å²) in [6, 6.07) is -1.06. The minimum Gasteiger partial charge on any atom is -0.381 e. The number of likely N-dealkylation sites (tertiary alicyclic amines) is 1. The van der Waals surface area contributed by atoms with Crippen molar-refractivity contribution in [1.82, 2.24) is 14.9 Å². The van der Waals surface area contributed by atoms with Crippen molar-refractivity contribution >= 4 is 17.5 Å². The van der Waals surface area contributed by atoms with Gasteiger partial charge in [-0.2, -0.15) is 17.6 Å². The molecule has 2 aliphatic rings. The number of piperidine rings is 2. The van der Waals surface area contributed by atoms with E-state index < -0.39 is 24.0 Å². The van der Waals surface area contributed by atoms with Gasteiger partial charge in [0.15, 0.2) is 11.6 Å². The lowest BCUT2D eigenvalue weighted by molar-refractivity contribution is -0.197. The second-order valence-electron chi connectivity index (χ2n) is 6.39. The Kier molecular flexibility index (Phi) is 4.70. The number of halogens is 4. The van der Waals surface area contributed by atoms with Crippen LogP contribution in [0.5, 0.6) is 0 Å². The topological polar surface area (TPSA) is 75.3 Å². The summed E-state index contributed by atoms with van der Waals surface area (Å²) >= 11 is 0. The molecule has 3 heterocycles. The molecule has 25 heavy (non-hydrogen) atoms. The number of nitrogens with two attached hydrogens (primary N) is 1. The van der Waals surface area contributed by atoms with Gasteiger partial charge in [-0.1, -0.05) is 0 Å². The zero-order chi connectivity index (χ0) is 18.2. The fraction of sp³-hybridized carbons (Fsp3) is 0.667. The predicted octanol–water partition coefficient (Wildman–Crippen LogP) is 1.97. The van der Waals surface area contributed by atoms with Gasteiger partial charge in [0.25, 0.3) is 0 Å². The first-order chi connectivity index (χ1) is 11.8. The Morgan fingerprint density at radius 3 is 2.64 bits per heavy atom. The molecule has 10 heteroatoms. The van der Waals surface area contributed by atoms with Crippen LogP contribution in [0.2, 0.25) is 0 Å². The average Bonchev–Trinajstić information content (AvgIpc) is 2.56. The molecule has 1 aromatic rings. The number of carbonyl (C=O) groups is 1. The zero-order valence-corrected chi connectivity index (χ0v) is 13.5. The van der Waals surface area contributed by atoms with Crippen LogP contribution in [0.25, 0.3) is 0 Å². The molecule has 0 unspecified atom stereocenters. The van der Waals surface area contributed by atoms with Crippen LogP contribution in [-0.2, 0) is 4.79 Å². The molecule has 2 fully saturated rings. The van der Waals surface area contributed by atoms with E-state index in [1.165, 1.54) is 9.80 Å². The SMILES string of the molecule is Nc1ncnc(N2CC[C@@H](C(F)(F)F)[C@H](N3CCCCC3=O)C2)c1F. The Morgan fingerprint density at radius 1 is 1.20 bits per heavy atom. The second-order valence-corrected chi connectivity index (χ2v) is 6.39. The maximum absolute atomic E-state index is 14.2. The third-order valence-electron chi connectivity index (χ3n) is 4.86. The first kappa shape index (κ1) is 17.7. The van der Waals surface area contributed by atoms with Crippen LogP contribution in [0.15, 0.2) is 6.33 Å². The van der Waals surface area contributed by atoms with Gasteiger partial charge in [-0.3, -0.25) is 4.79 Å². The molecular weight excluding hydrogens is 342 g/mol. The highest BCUT2D eigenvalue weighted by Crippen LogP contribution is 2.39. The molecule has 0 saturated carbocycles. The third kappa shape index (κ3) is 3.47. The summed E-state index contributed by atoms with van der Waals surface area (Å²) in [6.07, 6.45) is -1.99. The summed E-state index contributed by atoms with van der Waals surface area (Å²) in [7, 11) is 0. The maximum Gasteiger partial charge on any atom is 0.393 e. The molecule has 2 N–H and O–H groups in total. The Bertz CT molecular complexity index is 653. The van der Waals surface area contributed by atoms with E-state index in [9.17, 15) is 22.4 Å². The molecule has 6 nitrogen and oxygen atoms in total. The van der Waals surface area contributed by atoms with E-state index in [1.54, 1.807) is 0 Å². The Morgan fingerprint density at radius 2 is 1.96 bits per heavy atom. The predicted molar refractivity (Wildman–Crippen MR) is 82.1 cm³/mol. The van der Waals surface area contributed by atoms with Crippen LogP contribution in [0.1, 0.15) is 25.7 Å². The number of carbonyl (C=O) groups excluding carboxylic acids is 1. The lowest BCUT2D eigenvalue weighted by Crippen LogP contribution is -2.59. The number of hydrogen-bond donors (Lipinski definition) is 1. The highest BCUT2D eigenvalue weighted by molar-refractivity contribution is 5.77. The van der Waals surface area contributed by atoms with Crippen molar-refractivity contribution in [2.45, 2.75) is 37.9 Å². The van der Waals surface area contributed by atoms with Crippen LogP contribution in [0.3, 0.4) is 0 Å². The van der Waals surface area contributed by atoms with E-state index in [-0.39, 0.29) is 50.0 Å². The van der Waals surface area contributed by atoms with Crippen LogP contribution in [-0.4, -0.2) is 52.6 Å². The summed E-state index contributed by atoms with van der Waals surface area (Å²) in [5.74, 6) is -3.24. The zero-order valence-electron chi connectivity index (χ0n) is 13.5. The fourth-order valence-corrected chi connectivity index (χ4v) is 3.59. The number of nitrogen functional groups attached to an aromatic ring is 1. The van der Waals surface area contributed by atoms with Gasteiger partial charge in [-0.15, -0.1) is 0 Å². The van der Waals surface area contributed by atoms with Gasteiger partial charge in [-0.25, -0.2) is 9.97 Å². The Balaban J connectivity index is 1.89. The minimum atomic E-state index is -4.42. The molecular formula is C15H19F4N5O.